The predicted octanol–water partition coefficient (Wildman–Crippen LogP) is 3.27. The first-order valence-electron chi connectivity index (χ1n) is 7.62. The van der Waals surface area contributed by atoms with Crippen LogP contribution >= 0.6 is 0 Å². The minimum Gasteiger partial charge on any atom is -0.398 e. The number of nitrogens with two attached hydrogens (primary N) is 1. The first-order valence-corrected chi connectivity index (χ1v) is 7.62. The zero-order valence-electron chi connectivity index (χ0n) is 13.5. The Hall–Kier alpha value is -1.81. The van der Waals surface area contributed by atoms with Crippen molar-refractivity contribution in [3.8, 4) is 0 Å². The van der Waals surface area contributed by atoms with Crippen molar-refractivity contribution in [2.75, 3.05) is 31.2 Å². The lowest BCUT2D eigenvalue weighted by Crippen LogP contribution is -2.32. The molecule has 114 valence electrons. The van der Waals surface area contributed by atoms with Crippen LogP contribution in [0.4, 0.5) is 11.4 Å². The van der Waals surface area contributed by atoms with Gasteiger partial charge in [-0.05, 0) is 45.5 Å². The van der Waals surface area contributed by atoms with Crippen molar-refractivity contribution in [2.45, 2.75) is 33.2 Å². The zero-order chi connectivity index (χ0) is 15.4. The van der Waals surface area contributed by atoms with Gasteiger partial charge in [-0.2, -0.15) is 0 Å². The van der Waals surface area contributed by atoms with Crippen molar-refractivity contribution in [1.82, 2.24) is 9.88 Å². The minimum atomic E-state index is 0.612. The fourth-order valence-corrected chi connectivity index (χ4v) is 2.42. The maximum absolute atomic E-state index is 6.03. The first-order chi connectivity index (χ1) is 10.0. The summed E-state index contributed by atoms with van der Waals surface area (Å²) in [5.74, 6) is 0. The molecule has 4 nitrogen and oxygen atoms in total. The molecule has 1 heterocycles. The fraction of sp³-hybridized carbons (Fsp3) is 0.471. The molecule has 1 aromatic heterocycles. The van der Waals surface area contributed by atoms with Gasteiger partial charge in [0.1, 0.15) is 0 Å². The summed E-state index contributed by atoms with van der Waals surface area (Å²) in [4.78, 5) is 6.71. The van der Waals surface area contributed by atoms with E-state index in [1.54, 1.807) is 0 Å². The number of nitrogens with zero attached hydrogens (tertiary/aromatic N) is 2. The third-order valence-electron chi connectivity index (χ3n) is 4.19. The number of hydrogen-bond acceptors (Lipinski definition) is 4. The third kappa shape index (κ3) is 3.64. The van der Waals surface area contributed by atoms with E-state index in [9.17, 15) is 0 Å². The Morgan fingerprint density at radius 1 is 1.33 bits per heavy atom. The molecular formula is C17H26N4. The van der Waals surface area contributed by atoms with E-state index in [4.69, 9.17) is 5.73 Å². The van der Waals surface area contributed by atoms with Gasteiger partial charge in [0.2, 0.25) is 0 Å². The number of rotatable bonds is 6. The molecular weight excluding hydrogens is 260 g/mol. The highest BCUT2D eigenvalue weighted by Crippen LogP contribution is 2.28. The summed E-state index contributed by atoms with van der Waals surface area (Å²) in [6, 6.07) is 6.70. The van der Waals surface area contributed by atoms with E-state index in [2.05, 4.69) is 48.2 Å². The van der Waals surface area contributed by atoms with Gasteiger partial charge in [-0.3, -0.25) is 4.98 Å². The molecule has 4 heteroatoms. The van der Waals surface area contributed by atoms with Gasteiger partial charge < -0.3 is 16.0 Å². The van der Waals surface area contributed by atoms with Crippen LogP contribution in [-0.2, 0) is 0 Å². The second kappa shape index (κ2) is 6.76. The van der Waals surface area contributed by atoms with Crippen LogP contribution in [0.25, 0.3) is 10.8 Å². The lowest BCUT2D eigenvalue weighted by Gasteiger charge is -2.24. The summed E-state index contributed by atoms with van der Waals surface area (Å²) >= 11 is 0. The molecule has 2 aromatic rings. The van der Waals surface area contributed by atoms with E-state index >= 15 is 0 Å². The van der Waals surface area contributed by atoms with Gasteiger partial charge in [-0.25, -0.2) is 0 Å². The number of anilines is 2. The van der Waals surface area contributed by atoms with Crippen LogP contribution in [0.3, 0.4) is 0 Å². The molecule has 2 rings (SSSR count). The molecule has 0 saturated heterocycles. The molecule has 1 atom stereocenters. The third-order valence-corrected chi connectivity index (χ3v) is 4.19. The molecule has 0 saturated carbocycles. The second-order valence-corrected chi connectivity index (χ2v) is 5.74. The molecule has 21 heavy (non-hydrogen) atoms. The van der Waals surface area contributed by atoms with Gasteiger partial charge in [0.05, 0.1) is 0 Å². The maximum Gasteiger partial charge on any atom is 0.0423 e. The minimum absolute atomic E-state index is 0.612. The van der Waals surface area contributed by atoms with Crippen molar-refractivity contribution in [3.63, 3.8) is 0 Å². The van der Waals surface area contributed by atoms with Crippen molar-refractivity contribution in [1.29, 1.82) is 0 Å². The Labute approximate surface area is 127 Å². The lowest BCUT2D eigenvalue weighted by atomic mass is 10.1. The van der Waals surface area contributed by atoms with E-state index < -0.39 is 0 Å². The number of fused-ring (bicyclic) bond motifs is 1. The molecule has 1 unspecified atom stereocenters. The normalized spacial score (nSPS) is 12.8. The number of likely N-dealkylation sites (N-methyl/N-ethyl adjacent to an activating group) is 1. The molecule has 3 N–H and O–H groups in total. The van der Waals surface area contributed by atoms with Crippen LogP contribution in [0.2, 0.25) is 0 Å². The van der Waals surface area contributed by atoms with Gasteiger partial charge in [-0.15, -0.1) is 0 Å². The Bertz CT molecular complexity index is 609. The molecule has 0 spiro atoms. The maximum atomic E-state index is 6.03. The summed E-state index contributed by atoms with van der Waals surface area (Å²) in [5.41, 5.74) is 8.95. The van der Waals surface area contributed by atoms with Crippen molar-refractivity contribution in [3.05, 3.63) is 30.1 Å². The standard InChI is InChI=1S/C17H26N4/c1-5-13(3)21(4)9-8-19-17-7-6-16(18)15-11-20-12(2)10-14(15)17/h6-7,10-11,13,19H,5,8-9,18H2,1-4H3. The Morgan fingerprint density at radius 3 is 2.81 bits per heavy atom. The predicted molar refractivity (Wildman–Crippen MR) is 91.8 cm³/mol. The van der Waals surface area contributed by atoms with Gasteiger partial charge in [0.25, 0.3) is 0 Å². The molecule has 0 amide bonds. The van der Waals surface area contributed by atoms with Crippen LogP contribution in [0.1, 0.15) is 26.0 Å². The molecule has 0 bridgehead atoms. The zero-order valence-corrected chi connectivity index (χ0v) is 13.5. The van der Waals surface area contributed by atoms with Crippen molar-refractivity contribution in [2.24, 2.45) is 0 Å². The monoisotopic (exact) mass is 286 g/mol. The summed E-state index contributed by atoms with van der Waals surface area (Å²) < 4.78 is 0. The second-order valence-electron chi connectivity index (χ2n) is 5.74. The average molecular weight is 286 g/mol. The lowest BCUT2D eigenvalue weighted by molar-refractivity contribution is 0.261. The summed E-state index contributed by atoms with van der Waals surface area (Å²) in [7, 11) is 2.17. The molecule has 0 aliphatic heterocycles. The van der Waals surface area contributed by atoms with Crippen LogP contribution in [0.5, 0.6) is 0 Å². The SMILES string of the molecule is CCC(C)N(C)CCNc1ccc(N)c2cnc(C)cc12. The number of nitrogen functional groups attached to an aromatic ring is 1. The highest BCUT2D eigenvalue weighted by molar-refractivity contribution is 6.00. The van der Waals surface area contributed by atoms with E-state index in [1.807, 2.05) is 19.2 Å². The molecule has 1 aromatic carbocycles. The highest BCUT2D eigenvalue weighted by Gasteiger charge is 2.08. The number of aromatic nitrogens is 1. The van der Waals surface area contributed by atoms with E-state index in [0.29, 0.717) is 6.04 Å². The Morgan fingerprint density at radius 2 is 2.10 bits per heavy atom. The van der Waals surface area contributed by atoms with Gasteiger partial charge in [0, 0.05) is 53.2 Å². The first kappa shape index (κ1) is 15.6. The van der Waals surface area contributed by atoms with Gasteiger partial charge in [0.15, 0.2) is 0 Å². The summed E-state index contributed by atoms with van der Waals surface area (Å²) in [5, 5.41) is 5.69. The smallest absolute Gasteiger partial charge is 0.0423 e. The number of aryl methyl sites for hydroxylation is 1. The number of pyridine rings is 1. The molecule has 0 fully saturated rings. The highest BCUT2D eigenvalue weighted by atomic mass is 15.1. The molecule has 0 aliphatic rings. The molecule has 0 radical (unpaired) electrons. The Kier molecular flexibility index (Phi) is 5.02. The van der Waals surface area contributed by atoms with Gasteiger partial charge in [-0.1, -0.05) is 6.92 Å². The van der Waals surface area contributed by atoms with Gasteiger partial charge >= 0.3 is 0 Å². The van der Waals surface area contributed by atoms with E-state index in [-0.39, 0.29) is 0 Å². The van der Waals surface area contributed by atoms with Crippen molar-refractivity contribution >= 4 is 22.1 Å². The average Bonchev–Trinajstić information content (AvgIpc) is 2.48. The van der Waals surface area contributed by atoms with Crippen LogP contribution < -0.4 is 11.1 Å². The Balaban J connectivity index is 2.12. The molecule has 0 aliphatic carbocycles. The van der Waals surface area contributed by atoms with E-state index in [0.717, 1.165) is 40.9 Å². The van der Waals surface area contributed by atoms with Crippen LogP contribution in [-0.4, -0.2) is 36.1 Å². The fourth-order valence-electron chi connectivity index (χ4n) is 2.42. The number of hydrogen-bond donors (Lipinski definition) is 2. The quantitative estimate of drug-likeness (QED) is 0.800. The largest absolute Gasteiger partial charge is 0.398 e. The van der Waals surface area contributed by atoms with Crippen LogP contribution in [0.15, 0.2) is 24.4 Å². The summed E-state index contributed by atoms with van der Waals surface area (Å²) in [6.45, 7) is 8.42. The topological polar surface area (TPSA) is 54.2 Å². The van der Waals surface area contributed by atoms with Crippen LogP contribution in [0, 0.1) is 6.92 Å². The van der Waals surface area contributed by atoms with Crippen molar-refractivity contribution < 1.29 is 0 Å². The summed E-state index contributed by atoms with van der Waals surface area (Å²) in [6.07, 6.45) is 3.03. The number of nitrogens with one attached hydrogen (secondary N) is 1. The van der Waals surface area contributed by atoms with E-state index in [1.165, 1.54) is 6.42 Å². The number of benzene rings is 1.